The van der Waals surface area contributed by atoms with E-state index in [2.05, 4.69) is 9.72 Å². The molecule has 0 atom stereocenters. The normalized spacial score (nSPS) is 10.6. The van der Waals surface area contributed by atoms with Crippen LogP contribution in [0.1, 0.15) is 24.6 Å². The molecule has 0 bridgehead atoms. The monoisotopic (exact) mass is 278 g/mol. The SMILES string of the molecule is CCOC(=O)Cc1nc(F)c(C(F)F)cc1[N+](=O)[O-]. The van der Waals surface area contributed by atoms with Crippen molar-refractivity contribution in [3.8, 4) is 0 Å². The molecule has 0 aliphatic rings. The topological polar surface area (TPSA) is 82.3 Å². The van der Waals surface area contributed by atoms with E-state index in [0.29, 0.717) is 6.07 Å². The summed E-state index contributed by atoms with van der Waals surface area (Å²) in [4.78, 5) is 23.9. The zero-order chi connectivity index (χ0) is 14.6. The number of nitro groups is 1. The number of carbonyl (C=O) groups is 1. The van der Waals surface area contributed by atoms with Crippen molar-refractivity contribution in [3.05, 3.63) is 33.4 Å². The summed E-state index contributed by atoms with van der Waals surface area (Å²) in [5.41, 5.74) is -2.57. The molecule has 0 unspecified atom stereocenters. The predicted molar refractivity (Wildman–Crippen MR) is 56.1 cm³/mol. The van der Waals surface area contributed by atoms with Crippen molar-refractivity contribution in [2.45, 2.75) is 19.8 Å². The van der Waals surface area contributed by atoms with Crippen LogP contribution < -0.4 is 0 Å². The van der Waals surface area contributed by atoms with E-state index in [4.69, 9.17) is 0 Å². The molecule has 0 aliphatic carbocycles. The van der Waals surface area contributed by atoms with Crippen LogP contribution >= 0.6 is 0 Å². The van der Waals surface area contributed by atoms with E-state index in [9.17, 15) is 28.1 Å². The van der Waals surface area contributed by atoms with Crippen LogP contribution in [-0.4, -0.2) is 22.5 Å². The molecule has 0 aliphatic heterocycles. The third-order valence-corrected chi connectivity index (χ3v) is 2.11. The Morgan fingerprint density at radius 3 is 2.68 bits per heavy atom. The highest BCUT2D eigenvalue weighted by molar-refractivity contribution is 5.73. The maximum Gasteiger partial charge on any atom is 0.312 e. The third-order valence-electron chi connectivity index (χ3n) is 2.11. The number of nitrogens with zero attached hydrogens (tertiary/aromatic N) is 2. The second-order valence-electron chi connectivity index (χ2n) is 3.37. The van der Waals surface area contributed by atoms with Gasteiger partial charge >= 0.3 is 5.97 Å². The smallest absolute Gasteiger partial charge is 0.312 e. The molecular formula is C10H9F3N2O4. The average molecular weight is 278 g/mol. The number of hydrogen-bond donors (Lipinski definition) is 0. The Morgan fingerprint density at radius 1 is 1.58 bits per heavy atom. The van der Waals surface area contributed by atoms with Crippen LogP contribution in [0.15, 0.2) is 6.07 Å². The van der Waals surface area contributed by atoms with Gasteiger partial charge in [-0.15, -0.1) is 0 Å². The van der Waals surface area contributed by atoms with Crippen LogP contribution in [0.2, 0.25) is 0 Å². The lowest BCUT2D eigenvalue weighted by atomic mass is 10.2. The molecule has 0 aromatic carbocycles. The van der Waals surface area contributed by atoms with Crippen LogP contribution in [0.4, 0.5) is 18.9 Å². The summed E-state index contributed by atoms with van der Waals surface area (Å²) in [6.45, 7) is 1.55. The molecule has 1 heterocycles. The minimum atomic E-state index is -3.23. The molecule has 9 heteroatoms. The molecule has 0 fully saturated rings. The fraction of sp³-hybridized carbons (Fsp3) is 0.400. The molecule has 6 nitrogen and oxygen atoms in total. The number of carbonyl (C=O) groups excluding carboxylic acids is 1. The number of hydrogen-bond acceptors (Lipinski definition) is 5. The van der Waals surface area contributed by atoms with Crippen LogP contribution in [-0.2, 0) is 16.0 Å². The lowest BCUT2D eigenvalue weighted by molar-refractivity contribution is -0.386. The quantitative estimate of drug-likeness (QED) is 0.357. The number of aromatic nitrogens is 1. The van der Waals surface area contributed by atoms with E-state index in [1.807, 2.05) is 0 Å². The molecule has 0 saturated carbocycles. The molecular weight excluding hydrogens is 269 g/mol. The van der Waals surface area contributed by atoms with E-state index in [-0.39, 0.29) is 6.61 Å². The summed E-state index contributed by atoms with van der Waals surface area (Å²) >= 11 is 0. The first kappa shape index (κ1) is 14.9. The van der Waals surface area contributed by atoms with Gasteiger partial charge in [-0.05, 0) is 6.92 Å². The summed E-state index contributed by atoms with van der Waals surface area (Å²) in [5.74, 6) is -2.40. The summed E-state index contributed by atoms with van der Waals surface area (Å²) in [5, 5.41) is 10.7. The van der Waals surface area contributed by atoms with Crippen molar-refractivity contribution in [3.63, 3.8) is 0 Å². The molecule has 19 heavy (non-hydrogen) atoms. The summed E-state index contributed by atoms with van der Waals surface area (Å²) < 4.78 is 42.5. The van der Waals surface area contributed by atoms with Gasteiger partial charge in [-0.2, -0.15) is 4.39 Å². The minimum absolute atomic E-state index is 0.0320. The van der Waals surface area contributed by atoms with E-state index >= 15 is 0 Å². The Labute approximate surface area is 105 Å². The highest BCUT2D eigenvalue weighted by atomic mass is 19.3. The number of alkyl halides is 2. The van der Waals surface area contributed by atoms with E-state index < -0.39 is 46.6 Å². The van der Waals surface area contributed by atoms with Crippen molar-refractivity contribution in [1.82, 2.24) is 4.98 Å². The highest BCUT2D eigenvalue weighted by Crippen LogP contribution is 2.27. The first-order valence-corrected chi connectivity index (χ1v) is 5.14. The molecule has 0 radical (unpaired) electrons. The van der Waals surface area contributed by atoms with E-state index in [1.165, 1.54) is 6.92 Å². The maximum absolute atomic E-state index is 13.2. The fourth-order valence-corrected chi connectivity index (χ4v) is 1.32. The van der Waals surface area contributed by atoms with Gasteiger partial charge in [-0.1, -0.05) is 0 Å². The summed E-state index contributed by atoms with van der Waals surface area (Å²) in [6.07, 6.45) is -3.90. The van der Waals surface area contributed by atoms with Crippen LogP contribution in [0, 0.1) is 16.1 Å². The van der Waals surface area contributed by atoms with Gasteiger partial charge in [-0.25, -0.2) is 13.8 Å². The highest BCUT2D eigenvalue weighted by Gasteiger charge is 2.26. The summed E-state index contributed by atoms with van der Waals surface area (Å²) in [6, 6.07) is 0.377. The van der Waals surface area contributed by atoms with Crippen LogP contribution in [0.25, 0.3) is 0 Å². The summed E-state index contributed by atoms with van der Waals surface area (Å²) in [7, 11) is 0. The van der Waals surface area contributed by atoms with Gasteiger partial charge in [0, 0.05) is 6.07 Å². The third kappa shape index (κ3) is 3.63. The van der Waals surface area contributed by atoms with Gasteiger partial charge in [-0.3, -0.25) is 14.9 Å². The number of esters is 1. The molecule has 1 rings (SSSR count). The Hall–Kier alpha value is -2.19. The van der Waals surface area contributed by atoms with Crippen LogP contribution in [0.5, 0.6) is 0 Å². The number of ether oxygens (including phenoxy) is 1. The lowest BCUT2D eigenvalue weighted by Crippen LogP contribution is -2.12. The number of rotatable bonds is 5. The Bertz CT molecular complexity index is 508. The van der Waals surface area contributed by atoms with Crippen molar-refractivity contribution >= 4 is 11.7 Å². The average Bonchev–Trinajstić information content (AvgIpc) is 2.28. The largest absolute Gasteiger partial charge is 0.466 e. The van der Waals surface area contributed by atoms with Gasteiger partial charge in [0.05, 0.1) is 23.5 Å². The van der Waals surface area contributed by atoms with Crippen LogP contribution in [0.3, 0.4) is 0 Å². The Balaban J connectivity index is 3.20. The molecule has 1 aromatic rings. The molecule has 104 valence electrons. The van der Waals surface area contributed by atoms with Crippen molar-refractivity contribution in [2.24, 2.45) is 0 Å². The van der Waals surface area contributed by atoms with E-state index in [1.54, 1.807) is 0 Å². The number of halogens is 3. The minimum Gasteiger partial charge on any atom is -0.466 e. The van der Waals surface area contributed by atoms with Gasteiger partial charge in [0.1, 0.15) is 5.69 Å². The van der Waals surface area contributed by atoms with Gasteiger partial charge in [0.2, 0.25) is 5.95 Å². The van der Waals surface area contributed by atoms with Gasteiger partial charge in [0.25, 0.3) is 12.1 Å². The zero-order valence-electron chi connectivity index (χ0n) is 9.73. The van der Waals surface area contributed by atoms with Crippen molar-refractivity contribution in [1.29, 1.82) is 0 Å². The second-order valence-corrected chi connectivity index (χ2v) is 3.37. The van der Waals surface area contributed by atoms with Crippen molar-refractivity contribution in [2.75, 3.05) is 6.61 Å². The number of pyridine rings is 1. The van der Waals surface area contributed by atoms with E-state index in [0.717, 1.165) is 0 Å². The standard InChI is InChI=1S/C10H9F3N2O4/c1-2-19-8(16)4-6-7(15(17)18)3-5(9(11)12)10(13)14-6/h3,9H,2,4H2,1H3. The zero-order valence-corrected chi connectivity index (χ0v) is 9.73. The first-order chi connectivity index (χ1) is 8.86. The molecule has 0 saturated heterocycles. The van der Waals surface area contributed by atoms with Gasteiger partial charge in [0.15, 0.2) is 0 Å². The first-order valence-electron chi connectivity index (χ1n) is 5.14. The second kappa shape index (κ2) is 6.12. The molecule has 0 amide bonds. The van der Waals surface area contributed by atoms with Gasteiger partial charge < -0.3 is 4.74 Å². The van der Waals surface area contributed by atoms with Crippen molar-refractivity contribution < 1.29 is 27.6 Å². The Kier molecular flexibility index (Phi) is 4.79. The Morgan fingerprint density at radius 2 is 2.21 bits per heavy atom. The lowest BCUT2D eigenvalue weighted by Gasteiger charge is -2.06. The molecule has 0 spiro atoms. The fourth-order valence-electron chi connectivity index (χ4n) is 1.32. The maximum atomic E-state index is 13.2. The molecule has 1 aromatic heterocycles. The molecule has 0 N–H and O–H groups in total. The predicted octanol–water partition coefficient (Wildman–Crippen LogP) is 2.17.